The standard InChI is InChI=1S/C59H90O4.C37H40N2O6.C13H20N6O4/c1-44(2)24-15-25-45(3)26-16-27-46(4)28-17-29-47(5)30-18-31-48(6)32-19-33-49(7)34-20-35-50(8)36-21-37-51(9)38-22-39-52(10)40-23-41-53(11)42-43-55-54(12)56(60)58(62-13)59(63-14)57(55)61;1-38-14-12-24-19-32(42-4)33-21-27(24)28(38)16-22-6-9-26(10-7-22)44-37-35-25(20-34(43-5)36(37)41)13-15-39(2,3)29(35)17-23-8-11-30(40)31(18-23)45-33;1-7(2)8(14)12(21)23-4-3-22-6-19-5-16-9-10(19)17-13(15)18-11(9)20/h24,26,28,30,32,34,36,38,40,42H,15-23,25,27,29,31,33,35,37,39,41,43H2,1-14H3;6-11,18-21,28-29H,12-17H2,1-5H3,(H-,40,41);5,7-8H,3-4,6,14H2,1-2H3,(H3,15,17,18,20)/p+1/b45-26+,46-28+,47-30+,48-32+,49-34+,50-36+,51-38+,52-40+,53-42+;;/t;28-,29+;8-/m.00/s1. The third kappa shape index (κ3) is 32.2. The van der Waals surface area contributed by atoms with Gasteiger partial charge in [0.05, 0.1) is 67.6 Å². The summed E-state index contributed by atoms with van der Waals surface area (Å²) in [7, 11) is 12.6. The Bertz CT molecular complexity index is 5360. The number of H-pyrrole nitrogens is 1. The van der Waals surface area contributed by atoms with Crippen LogP contribution in [0.1, 0.15) is 264 Å². The Labute approximate surface area is 780 Å². The Morgan fingerprint density at radius 3 is 1.57 bits per heavy atom. The molecule has 22 nitrogen and oxygen atoms in total. The molecule has 11 rings (SSSR count). The van der Waals surface area contributed by atoms with E-state index in [4.69, 9.17) is 49.4 Å². The van der Waals surface area contributed by atoms with Gasteiger partial charge in [-0.15, -0.1) is 0 Å². The smallest absolute Gasteiger partial charge is 0.323 e. The van der Waals surface area contributed by atoms with Crippen molar-refractivity contribution >= 4 is 34.6 Å². The number of esters is 1. The highest BCUT2D eigenvalue weighted by atomic mass is 16.6. The molecule has 0 amide bonds. The molecule has 22 heteroatoms. The third-order valence-corrected chi connectivity index (χ3v) is 25.3. The normalized spacial score (nSPS) is 16.8. The molecule has 6 bridgehead atoms. The van der Waals surface area contributed by atoms with Crippen LogP contribution in [0.2, 0.25) is 0 Å². The minimum atomic E-state index is -0.647. The lowest BCUT2D eigenvalue weighted by Gasteiger charge is -2.43. The van der Waals surface area contributed by atoms with Gasteiger partial charge < -0.3 is 64.1 Å². The molecule has 710 valence electrons. The van der Waals surface area contributed by atoms with Crippen LogP contribution in [0.25, 0.3) is 11.2 Å². The highest BCUT2D eigenvalue weighted by Gasteiger charge is 2.42. The van der Waals surface area contributed by atoms with Gasteiger partial charge in [-0.1, -0.05) is 149 Å². The topological polar surface area (TPSA) is 284 Å². The van der Waals surface area contributed by atoms with Crippen molar-refractivity contribution in [2.75, 3.05) is 81.6 Å². The van der Waals surface area contributed by atoms with Gasteiger partial charge in [-0.05, 0) is 301 Å². The number of hydrogen-bond donors (Lipinski definition) is 5. The molecule has 6 heterocycles. The number of nitrogens with zero attached hydrogens (tertiary/aromatic N) is 5. The van der Waals surface area contributed by atoms with Crippen LogP contribution < -0.4 is 36.0 Å². The summed E-state index contributed by atoms with van der Waals surface area (Å²) in [6.45, 7) is 32.2. The largest absolute Gasteiger partial charge is 0.504 e. The number of fused-ring (bicyclic) bond motifs is 3. The van der Waals surface area contributed by atoms with Crippen molar-refractivity contribution in [2.24, 2.45) is 11.7 Å². The van der Waals surface area contributed by atoms with Crippen LogP contribution in [-0.2, 0) is 65.7 Å². The van der Waals surface area contributed by atoms with Crippen LogP contribution in [0.3, 0.4) is 0 Å². The first kappa shape index (κ1) is 105. The maximum Gasteiger partial charge on any atom is 0.323 e. The molecule has 0 unspecified atom stereocenters. The zero-order chi connectivity index (χ0) is 95.6. The number of allylic oxidation sites excluding steroid dienone is 22. The van der Waals surface area contributed by atoms with E-state index in [1.165, 1.54) is 117 Å². The zero-order valence-electron chi connectivity index (χ0n) is 82.4. The Balaban J connectivity index is 0.000000267. The number of nitrogens with one attached hydrogen (secondary N) is 1. The number of phenolic OH excluding ortho intramolecular Hbond substituents is 2. The van der Waals surface area contributed by atoms with E-state index in [9.17, 15) is 29.4 Å². The van der Waals surface area contributed by atoms with Crippen molar-refractivity contribution in [3.05, 3.63) is 250 Å². The maximum atomic E-state index is 12.9. The summed E-state index contributed by atoms with van der Waals surface area (Å²) in [5, 5.41) is 22.4. The Hall–Kier alpha value is -11.0. The number of aromatic amines is 1. The average Bonchev–Trinajstić information content (AvgIpc) is 1.45. The number of ketones is 2. The fourth-order valence-corrected chi connectivity index (χ4v) is 16.7. The molecule has 2 aromatic heterocycles. The lowest BCUT2D eigenvalue weighted by atomic mass is 9.86. The fraction of sp³-hybridized carbons (Fsp3) is 0.486. The van der Waals surface area contributed by atoms with Crippen molar-refractivity contribution in [3.8, 4) is 46.0 Å². The number of ether oxygens (including phenoxy) is 8. The van der Waals surface area contributed by atoms with Crippen molar-refractivity contribution in [1.29, 1.82) is 0 Å². The van der Waals surface area contributed by atoms with Crippen LogP contribution in [0.4, 0.5) is 5.95 Å². The molecule has 4 aromatic carbocycles. The molecular formula is C109H151N8O14+. The number of nitrogen functional groups attached to an aromatic ring is 1. The molecule has 3 atom stereocenters. The number of quaternary nitrogens is 1. The SMILES string of the molecule is CC(C)[C@H](N)C(=O)OCCOCn1cnc2c(=O)[nH]c(N)nc21.COC1=C(OC)C(=O)C(C/C=C(\C)CC/C=C(\C)CC/C=C(\C)CC/C=C(\C)CC/C=C(\C)CC/C=C(\C)CC/C=C(\C)CC/C=C(\C)CC/C=C(\C)CCC=C(C)C)=C(C)C1=O.COc1cc2c3cc1Oc1cc(ccc1O)C[C@@H]1c4c(cc(OC)c(O)c4Oc4ccc(cc4)C[C@@H]3N(C)CC2)CC[N+]1(C)C. The molecule has 0 fully saturated rings. The van der Waals surface area contributed by atoms with Gasteiger partial charge in [0, 0.05) is 36.6 Å². The van der Waals surface area contributed by atoms with Gasteiger partial charge in [0.1, 0.15) is 31.2 Å². The summed E-state index contributed by atoms with van der Waals surface area (Å²) in [6.07, 6.45) is 48.9. The number of aromatic nitrogens is 4. The van der Waals surface area contributed by atoms with Gasteiger partial charge in [0.25, 0.3) is 5.56 Å². The van der Waals surface area contributed by atoms with Crippen molar-refractivity contribution in [2.45, 2.75) is 269 Å². The quantitative estimate of drug-likeness (QED) is 0.00785. The van der Waals surface area contributed by atoms with Crippen molar-refractivity contribution in [1.82, 2.24) is 24.4 Å². The lowest BCUT2D eigenvalue weighted by Crippen LogP contribution is -2.48. The monoisotopic (exact) mass is 1800 g/mol. The second-order valence-corrected chi connectivity index (χ2v) is 37.0. The van der Waals surface area contributed by atoms with Gasteiger partial charge in [-0.3, -0.25) is 33.6 Å². The number of carbonyl (C=O) groups is 3. The number of imidazole rings is 1. The van der Waals surface area contributed by atoms with E-state index < -0.39 is 17.6 Å². The number of aromatic hydroxyl groups is 2. The Kier molecular flexibility index (Phi) is 42.0. The van der Waals surface area contributed by atoms with E-state index in [2.05, 4.69) is 202 Å². The minimum absolute atomic E-state index is 0.000790. The molecule has 4 aliphatic heterocycles. The number of nitrogens with two attached hydrogens (primary N) is 2. The highest BCUT2D eigenvalue weighted by molar-refractivity contribution is 6.23. The van der Waals surface area contributed by atoms with Crippen LogP contribution in [0.5, 0.6) is 46.0 Å². The molecule has 131 heavy (non-hydrogen) atoms. The number of carbonyl (C=O) groups excluding carboxylic acids is 3. The molecular weight excluding hydrogens is 1650 g/mol. The van der Waals surface area contributed by atoms with Gasteiger partial charge in [0.15, 0.2) is 45.7 Å². The minimum Gasteiger partial charge on any atom is -0.504 e. The fourth-order valence-electron chi connectivity index (χ4n) is 16.7. The number of Topliss-reactive ketones (excluding diaryl/α,β-unsaturated/α-hetero) is 2. The lowest BCUT2D eigenvalue weighted by molar-refractivity contribution is -0.923. The number of anilines is 1. The maximum absolute atomic E-state index is 12.9. The summed E-state index contributed by atoms with van der Waals surface area (Å²) in [5.41, 5.74) is 33.4. The van der Waals surface area contributed by atoms with Crippen LogP contribution in [-0.4, -0.2) is 139 Å². The van der Waals surface area contributed by atoms with E-state index in [0.29, 0.717) is 68.6 Å². The molecule has 5 aliphatic rings. The van der Waals surface area contributed by atoms with E-state index in [-0.39, 0.29) is 84.0 Å². The number of rotatable bonds is 40. The van der Waals surface area contributed by atoms with Crippen molar-refractivity contribution in [3.63, 3.8) is 0 Å². The predicted molar refractivity (Wildman–Crippen MR) is 529 cm³/mol. The first-order valence-electron chi connectivity index (χ1n) is 46.8. The molecule has 0 spiro atoms. The van der Waals surface area contributed by atoms with E-state index in [1.807, 2.05) is 44.2 Å². The van der Waals surface area contributed by atoms with Crippen molar-refractivity contribution < 1.29 is 67.0 Å². The average molecular weight is 1800 g/mol. The molecule has 0 saturated heterocycles. The summed E-state index contributed by atoms with van der Waals surface area (Å²) in [6, 6.07) is 19.3. The van der Waals surface area contributed by atoms with Gasteiger partial charge in [-0.25, -0.2) is 4.98 Å². The third-order valence-electron chi connectivity index (χ3n) is 25.3. The number of methoxy groups -OCH3 is 4. The number of hydrogen-bond acceptors (Lipinski definition) is 19. The van der Waals surface area contributed by atoms with Gasteiger partial charge in [-0.2, -0.15) is 4.98 Å². The first-order valence-corrected chi connectivity index (χ1v) is 46.8. The van der Waals surface area contributed by atoms with Crippen LogP contribution in [0.15, 0.2) is 211 Å². The second-order valence-electron chi connectivity index (χ2n) is 37.0. The number of phenols is 2. The first-order chi connectivity index (χ1) is 62.5. The molecule has 7 N–H and O–H groups in total. The van der Waals surface area contributed by atoms with Gasteiger partial charge in [0.2, 0.25) is 34.8 Å². The molecule has 0 radical (unpaired) electrons. The molecule has 6 aromatic rings. The summed E-state index contributed by atoms with van der Waals surface area (Å²) in [5.74, 6) is 2.12. The Morgan fingerprint density at radius 2 is 1.08 bits per heavy atom. The highest BCUT2D eigenvalue weighted by Crippen LogP contribution is 2.52. The van der Waals surface area contributed by atoms with Gasteiger partial charge >= 0.3 is 5.97 Å². The molecule has 0 saturated carbocycles. The summed E-state index contributed by atoms with van der Waals surface area (Å²) in [4.78, 5) is 61.4. The summed E-state index contributed by atoms with van der Waals surface area (Å²) < 4.78 is 47.4. The number of benzene rings is 4. The second kappa shape index (κ2) is 52.3. The predicted octanol–water partition coefficient (Wildman–Crippen LogP) is 23.8. The number of likely N-dealkylation sites (N-methyl/N-ethyl adjacent to an activating group) is 2. The van der Waals surface area contributed by atoms with E-state index in [1.54, 1.807) is 27.2 Å². The molecule has 1 aliphatic carbocycles. The van der Waals surface area contributed by atoms with E-state index in [0.717, 1.165) is 145 Å². The van der Waals surface area contributed by atoms with Crippen LogP contribution >= 0.6 is 0 Å². The Morgan fingerprint density at radius 1 is 0.588 bits per heavy atom. The van der Waals surface area contributed by atoms with Crippen LogP contribution in [0, 0.1) is 5.92 Å². The van der Waals surface area contributed by atoms with E-state index >= 15 is 0 Å². The summed E-state index contributed by atoms with van der Waals surface area (Å²) >= 11 is 0. The zero-order valence-corrected chi connectivity index (χ0v) is 82.4.